The molecule has 3 nitrogen and oxygen atoms in total. The number of carbonyl (C=O) groups is 1. The van der Waals surface area contributed by atoms with Crippen LogP contribution in [0.4, 0.5) is 8.78 Å². The van der Waals surface area contributed by atoms with E-state index < -0.39 is 11.6 Å². The molecule has 0 aliphatic heterocycles. The van der Waals surface area contributed by atoms with Crippen LogP contribution in [0, 0.1) is 11.6 Å². The Hall–Kier alpha value is -1.85. The summed E-state index contributed by atoms with van der Waals surface area (Å²) in [6.07, 6.45) is 0.460. The van der Waals surface area contributed by atoms with E-state index >= 15 is 0 Å². The van der Waals surface area contributed by atoms with Crippen LogP contribution in [0.5, 0.6) is 5.75 Å². The molecule has 0 spiro atoms. The van der Waals surface area contributed by atoms with Crippen LogP contribution in [0.25, 0.3) is 0 Å². The number of hydrogen-bond donors (Lipinski definition) is 1. The number of hydrogen-bond acceptors (Lipinski definition) is 2. The molecule has 0 saturated heterocycles. The fourth-order valence-corrected chi connectivity index (χ4v) is 2.39. The van der Waals surface area contributed by atoms with Gasteiger partial charge in [-0.2, -0.15) is 0 Å². The van der Waals surface area contributed by atoms with E-state index in [0.717, 1.165) is 6.07 Å². The molecule has 0 fully saturated rings. The summed E-state index contributed by atoms with van der Waals surface area (Å²) in [5.74, 6) is -1.09. The van der Waals surface area contributed by atoms with Crippen LogP contribution in [0.15, 0.2) is 36.4 Å². The van der Waals surface area contributed by atoms with E-state index in [2.05, 4.69) is 5.32 Å². The van der Waals surface area contributed by atoms with Crippen molar-refractivity contribution in [3.63, 3.8) is 0 Å². The third-order valence-electron chi connectivity index (χ3n) is 3.16. The molecule has 0 bridgehead atoms. The normalized spacial score (nSPS) is 10.5. The Labute approximate surface area is 148 Å². The molecule has 7 heteroatoms. The zero-order valence-electron chi connectivity index (χ0n) is 12.6. The lowest BCUT2D eigenvalue weighted by Crippen LogP contribution is -2.27. The third-order valence-corrected chi connectivity index (χ3v) is 3.96. The molecule has 1 amide bonds. The fourth-order valence-electron chi connectivity index (χ4n) is 2.04. The summed E-state index contributed by atoms with van der Waals surface area (Å²) in [5.41, 5.74) is 0.481. The molecule has 0 aliphatic carbocycles. The number of ether oxygens (including phenoxy) is 1. The van der Waals surface area contributed by atoms with Crippen molar-refractivity contribution in [2.24, 2.45) is 0 Å². The molecule has 0 aliphatic rings. The summed E-state index contributed by atoms with van der Waals surface area (Å²) in [5, 5.41) is 3.33. The number of amides is 1. The summed E-state index contributed by atoms with van der Waals surface area (Å²) in [4.78, 5) is 11.7. The topological polar surface area (TPSA) is 38.3 Å². The van der Waals surface area contributed by atoms with Gasteiger partial charge in [-0.1, -0.05) is 29.3 Å². The van der Waals surface area contributed by atoms with Crippen LogP contribution in [-0.4, -0.2) is 19.1 Å². The first-order chi connectivity index (χ1) is 11.5. The monoisotopic (exact) mass is 373 g/mol. The van der Waals surface area contributed by atoms with Gasteiger partial charge in [-0.3, -0.25) is 4.79 Å². The van der Waals surface area contributed by atoms with Gasteiger partial charge in [0, 0.05) is 12.6 Å². The molecule has 0 unspecified atom stereocenters. The second-order valence-corrected chi connectivity index (χ2v) is 5.81. The molecule has 2 rings (SSSR count). The Morgan fingerprint density at radius 3 is 2.54 bits per heavy atom. The van der Waals surface area contributed by atoms with Gasteiger partial charge < -0.3 is 10.1 Å². The zero-order chi connectivity index (χ0) is 17.5. The highest BCUT2D eigenvalue weighted by Crippen LogP contribution is 2.31. The molecule has 0 atom stereocenters. The van der Waals surface area contributed by atoms with Gasteiger partial charge in [0.15, 0.2) is 0 Å². The van der Waals surface area contributed by atoms with Gasteiger partial charge >= 0.3 is 0 Å². The van der Waals surface area contributed by atoms with Crippen LogP contribution in [0.2, 0.25) is 10.0 Å². The van der Waals surface area contributed by atoms with Gasteiger partial charge in [0.05, 0.1) is 18.1 Å². The molecule has 0 aromatic heterocycles. The largest absolute Gasteiger partial charge is 0.491 e. The van der Waals surface area contributed by atoms with Crippen molar-refractivity contribution < 1.29 is 18.3 Å². The van der Waals surface area contributed by atoms with E-state index in [4.69, 9.17) is 27.9 Å². The van der Waals surface area contributed by atoms with Gasteiger partial charge in [-0.25, -0.2) is 8.78 Å². The van der Waals surface area contributed by atoms with Crippen molar-refractivity contribution in [1.82, 2.24) is 5.32 Å². The van der Waals surface area contributed by atoms with E-state index in [0.29, 0.717) is 27.8 Å². The highest BCUT2D eigenvalue weighted by Gasteiger charge is 2.07. The minimum absolute atomic E-state index is 0.125. The van der Waals surface area contributed by atoms with E-state index in [-0.39, 0.29) is 25.5 Å². The molecular formula is C17H15Cl2F2NO2. The maximum Gasteiger partial charge on any atom is 0.223 e. The van der Waals surface area contributed by atoms with Crippen molar-refractivity contribution in [2.75, 3.05) is 13.2 Å². The fraction of sp³-hybridized carbons (Fsp3) is 0.235. The average Bonchev–Trinajstić information content (AvgIpc) is 2.50. The van der Waals surface area contributed by atoms with Crippen LogP contribution in [0.3, 0.4) is 0 Å². The van der Waals surface area contributed by atoms with E-state index in [1.165, 1.54) is 12.1 Å². The first kappa shape index (κ1) is 18.5. The highest BCUT2D eigenvalue weighted by molar-refractivity contribution is 6.42. The van der Waals surface area contributed by atoms with Gasteiger partial charge in [0.1, 0.15) is 22.4 Å². The van der Waals surface area contributed by atoms with Crippen molar-refractivity contribution in [3.05, 3.63) is 63.6 Å². The van der Waals surface area contributed by atoms with Crippen LogP contribution in [0.1, 0.15) is 12.0 Å². The van der Waals surface area contributed by atoms with Crippen molar-refractivity contribution in [3.8, 4) is 5.75 Å². The lowest BCUT2D eigenvalue weighted by molar-refractivity contribution is -0.121. The van der Waals surface area contributed by atoms with Gasteiger partial charge in [-0.05, 0) is 36.2 Å². The number of benzene rings is 2. The molecule has 1 N–H and O–H groups in total. The van der Waals surface area contributed by atoms with Crippen LogP contribution < -0.4 is 10.1 Å². The van der Waals surface area contributed by atoms with Gasteiger partial charge in [-0.15, -0.1) is 0 Å². The number of nitrogens with one attached hydrogen (secondary N) is 1. The highest BCUT2D eigenvalue weighted by atomic mass is 35.5. The Balaban J connectivity index is 1.71. The number of rotatable bonds is 7. The summed E-state index contributed by atoms with van der Waals surface area (Å²) >= 11 is 11.8. The maximum atomic E-state index is 13.0. The quantitative estimate of drug-likeness (QED) is 0.780. The third kappa shape index (κ3) is 5.65. The van der Waals surface area contributed by atoms with Crippen LogP contribution in [-0.2, 0) is 11.2 Å². The summed E-state index contributed by atoms with van der Waals surface area (Å²) < 4.78 is 31.5. The van der Waals surface area contributed by atoms with Gasteiger partial charge in [0.25, 0.3) is 0 Å². The van der Waals surface area contributed by atoms with E-state index in [1.54, 1.807) is 18.2 Å². The Bertz CT molecular complexity index is 705. The minimum atomic E-state index is -0.636. The molecule has 24 heavy (non-hydrogen) atoms. The van der Waals surface area contributed by atoms with Crippen molar-refractivity contribution >= 4 is 29.1 Å². The summed E-state index contributed by atoms with van der Waals surface area (Å²) in [6.45, 7) is 0.417. The predicted molar refractivity (Wildman–Crippen MR) is 89.6 cm³/mol. The lowest BCUT2D eigenvalue weighted by atomic mass is 10.1. The van der Waals surface area contributed by atoms with E-state index in [9.17, 15) is 13.6 Å². The maximum absolute atomic E-state index is 13.0. The average molecular weight is 374 g/mol. The molecule has 0 radical (unpaired) electrons. The second kappa shape index (κ2) is 8.85. The molecular weight excluding hydrogens is 359 g/mol. The zero-order valence-corrected chi connectivity index (χ0v) is 14.1. The first-order valence-corrected chi connectivity index (χ1v) is 8.00. The first-order valence-electron chi connectivity index (χ1n) is 7.24. The minimum Gasteiger partial charge on any atom is -0.491 e. The standard InChI is InChI=1S/C17H15Cl2F2NO2/c18-14-2-1-3-15(17(14)19)24-7-5-16(23)22-6-4-11-8-12(20)10-13(21)9-11/h1-3,8-10H,4-7H2,(H,22,23). The molecule has 0 heterocycles. The molecule has 2 aromatic rings. The molecule has 0 saturated carbocycles. The second-order valence-electron chi connectivity index (χ2n) is 5.03. The molecule has 2 aromatic carbocycles. The Morgan fingerprint density at radius 1 is 1.12 bits per heavy atom. The summed E-state index contributed by atoms with van der Waals surface area (Å²) in [7, 11) is 0. The van der Waals surface area contributed by atoms with Crippen molar-refractivity contribution in [1.29, 1.82) is 0 Å². The smallest absolute Gasteiger partial charge is 0.223 e. The van der Waals surface area contributed by atoms with Gasteiger partial charge in [0.2, 0.25) is 5.91 Å². The SMILES string of the molecule is O=C(CCOc1cccc(Cl)c1Cl)NCCc1cc(F)cc(F)c1. The Kier molecular flexibility index (Phi) is 6.82. The Morgan fingerprint density at radius 2 is 1.83 bits per heavy atom. The number of carbonyl (C=O) groups excluding carboxylic acids is 1. The number of halogens is 4. The lowest BCUT2D eigenvalue weighted by Gasteiger charge is -2.09. The predicted octanol–water partition coefficient (Wildman–Crippen LogP) is 4.40. The van der Waals surface area contributed by atoms with Crippen molar-refractivity contribution in [2.45, 2.75) is 12.8 Å². The van der Waals surface area contributed by atoms with E-state index in [1.807, 2.05) is 0 Å². The molecule has 128 valence electrons. The summed E-state index contributed by atoms with van der Waals surface area (Å²) in [6, 6.07) is 8.27. The van der Waals surface area contributed by atoms with Crippen LogP contribution >= 0.6 is 23.2 Å².